The van der Waals surface area contributed by atoms with E-state index in [4.69, 9.17) is 4.74 Å². The first-order valence-corrected chi connectivity index (χ1v) is 9.32. The van der Waals surface area contributed by atoms with Crippen molar-refractivity contribution in [3.05, 3.63) is 71.0 Å². The third-order valence-electron chi connectivity index (χ3n) is 4.38. The molecule has 2 N–H and O–H groups in total. The van der Waals surface area contributed by atoms with Crippen molar-refractivity contribution in [2.75, 3.05) is 7.11 Å². The van der Waals surface area contributed by atoms with Gasteiger partial charge in [0.05, 0.1) is 18.6 Å². The number of amides is 1. The number of aromatic nitrogens is 2. The summed E-state index contributed by atoms with van der Waals surface area (Å²) in [5, 5.41) is 5.37. The molecule has 26 heavy (non-hydrogen) atoms. The number of hydrogen-bond donors (Lipinski definition) is 2. The lowest BCUT2D eigenvalue weighted by Gasteiger charge is -2.10. The highest BCUT2D eigenvalue weighted by atomic mass is 32.2. The van der Waals surface area contributed by atoms with E-state index in [1.807, 2.05) is 36.5 Å². The predicted molar refractivity (Wildman–Crippen MR) is 104 cm³/mol. The molecule has 1 amide bonds. The van der Waals surface area contributed by atoms with E-state index in [1.165, 1.54) is 5.56 Å². The molecule has 1 aliphatic heterocycles. The summed E-state index contributed by atoms with van der Waals surface area (Å²) in [5.41, 5.74) is 3.06. The van der Waals surface area contributed by atoms with Gasteiger partial charge in [-0.3, -0.25) is 4.79 Å². The number of pyridine rings is 1. The van der Waals surface area contributed by atoms with Crippen LogP contribution < -0.4 is 10.1 Å². The maximum absolute atomic E-state index is 12.4. The van der Waals surface area contributed by atoms with E-state index in [0.29, 0.717) is 11.7 Å². The number of fused-ring (bicyclic) bond motifs is 1. The molecule has 0 bridgehead atoms. The highest BCUT2D eigenvalue weighted by molar-refractivity contribution is 8.03. The summed E-state index contributed by atoms with van der Waals surface area (Å²) in [7, 11) is 1.62. The van der Waals surface area contributed by atoms with Crippen molar-refractivity contribution in [3.8, 4) is 5.75 Å². The number of carbonyl (C=O) groups is 1. The van der Waals surface area contributed by atoms with Crippen LogP contribution in [-0.4, -0.2) is 23.0 Å². The average Bonchev–Trinajstić information content (AvgIpc) is 3.28. The van der Waals surface area contributed by atoms with E-state index < -0.39 is 0 Å². The Kier molecular flexibility index (Phi) is 4.67. The fourth-order valence-corrected chi connectivity index (χ4v) is 4.31. The standard InChI is InChI=1S/C20H19N3O2S/c1-25-14-5-2-4-13(10-14)11-18(24)23-19-8-7-17(26-19)16-12-22-20-15(16)6-3-9-21-20/h2-6,8-10,12,17H,7,11H2,1H3,(H,21,22)(H,23,24). The van der Waals surface area contributed by atoms with Crippen LogP contribution in [0, 0.1) is 0 Å². The molecule has 5 nitrogen and oxygen atoms in total. The SMILES string of the molecule is COc1cccc(CC(=O)NC2=CCC(c3c[nH]c4ncccc34)S2)c1. The minimum atomic E-state index is -0.0155. The molecule has 4 rings (SSSR count). The van der Waals surface area contributed by atoms with Crippen LogP contribution in [0.4, 0.5) is 0 Å². The maximum atomic E-state index is 12.4. The molecule has 0 aliphatic carbocycles. The predicted octanol–water partition coefficient (Wildman–Crippen LogP) is 3.95. The van der Waals surface area contributed by atoms with E-state index in [1.54, 1.807) is 25.1 Å². The van der Waals surface area contributed by atoms with Crippen molar-refractivity contribution < 1.29 is 9.53 Å². The van der Waals surface area contributed by atoms with Gasteiger partial charge in [-0.15, -0.1) is 11.8 Å². The number of carbonyl (C=O) groups excluding carboxylic acids is 1. The average molecular weight is 365 g/mol. The van der Waals surface area contributed by atoms with Crippen LogP contribution in [0.15, 0.2) is 59.9 Å². The van der Waals surface area contributed by atoms with Crippen LogP contribution in [0.2, 0.25) is 0 Å². The summed E-state index contributed by atoms with van der Waals surface area (Å²) < 4.78 is 5.21. The number of aromatic amines is 1. The number of H-pyrrole nitrogens is 1. The van der Waals surface area contributed by atoms with Crippen LogP contribution in [0.5, 0.6) is 5.75 Å². The van der Waals surface area contributed by atoms with E-state index in [2.05, 4.69) is 27.4 Å². The number of methoxy groups -OCH3 is 1. The smallest absolute Gasteiger partial charge is 0.229 e. The Morgan fingerprint density at radius 3 is 3.19 bits per heavy atom. The molecule has 0 saturated carbocycles. The number of nitrogens with zero attached hydrogens (tertiary/aromatic N) is 1. The normalized spacial score (nSPS) is 16.5. The van der Waals surface area contributed by atoms with Gasteiger partial charge >= 0.3 is 0 Å². The van der Waals surface area contributed by atoms with Crippen LogP contribution in [0.25, 0.3) is 11.0 Å². The Morgan fingerprint density at radius 2 is 2.31 bits per heavy atom. The van der Waals surface area contributed by atoms with E-state index in [0.717, 1.165) is 33.8 Å². The first-order chi connectivity index (χ1) is 12.7. The fraction of sp³-hybridized carbons (Fsp3) is 0.200. The molecule has 3 aromatic rings. The minimum Gasteiger partial charge on any atom is -0.497 e. The summed E-state index contributed by atoms with van der Waals surface area (Å²) in [5.74, 6) is 0.746. The van der Waals surface area contributed by atoms with Gasteiger partial charge < -0.3 is 15.0 Å². The van der Waals surface area contributed by atoms with E-state index in [-0.39, 0.29) is 5.91 Å². The van der Waals surface area contributed by atoms with Crippen LogP contribution in [0.1, 0.15) is 22.8 Å². The lowest BCUT2D eigenvalue weighted by atomic mass is 10.1. The number of rotatable bonds is 5. The highest BCUT2D eigenvalue weighted by Crippen LogP contribution is 2.44. The highest BCUT2D eigenvalue weighted by Gasteiger charge is 2.23. The van der Waals surface area contributed by atoms with Crippen molar-refractivity contribution in [2.24, 2.45) is 0 Å². The summed E-state index contributed by atoms with van der Waals surface area (Å²) in [6.45, 7) is 0. The van der Waals surface area contributed by atoms with Gasteiger partial charge in [0.2, 0.25) is 5.91 Å². The number of hydrogen-bond acceptors (Lipinski definition) is 4. The van der Waals surface area contributed by atoms with E-state index >= 15 is 0 Å². The van der Waals surface area contributed by atoms with E-state index in [9.17, 15) is 4.79 Å². The number of allylic oxidation sites excluding steroid dienone is 1. The lowest BCUT2D eigenvalue weighted by molar-refractivity contribution is -0.119. The molecule has 6 heteroatoms. The zero-order chi connectivity index (χ0) is 17.9. The molecule has 132 valence electrons. The van der Waals surface area contributed by atoms with Gasteiger partial charge in [-0.05, 0) is 41.8 Å². The van der Waals surface area contributed by atoms with Crippen LogP contribution in [0.3, 0.4) is 0 Å². The Bertz CT molecular complexity index is 980. The summed E-state index contributed by atoms with van der Waals surface area (Å²) in [4.78, 5) is 19.9. The quantitative estimate of drug-likeness (QED) is 0.718. The lowest BCUT2D eigenvalue weighted by Crippen LogP contribution is -2.22. The molecular weight excluding hydrogens is 346 g/mol. The summed E-state index contributed by atoms with van der Waals surface area (Å²) in [6.07, 6.45) is 7.11. The third kappa shape index (κ3) is 3.46. The second-order valence-corrected chi connectivity index (χ2v) is 7.38. The van der Waals surface area contributed by atoms with Crippen LogP contribution in [-0.2, 0) is 11.2 Å². The molecule has 1 aromatic carbocycles. The molecule has 0 radical (unpaired) electrons. The fourth-order valence-electron chi connectivity index (χ4n) is 3.13. The van der Waals surface area contributed by atoms with Crippen molar-refractivity contribution >= 4 is 28.7 Å². The second kappa shape index (κ2) is 7.25. The Balaban J connectivity index is 1.38. The Labute approximate surface area is 155 Å². The number of thioether (sulfide) groups is 1. The van der Waals surface area contributed by atoms with Crippen LogP contribution >= 0.6 is 11.8 Å². The largest absolute Gasteiger partial charge is 0.497 e. The van der Waals surface area contributed by atoms with Crippen molar-refractivity contribution in [2.45, 2.75) is 18.1 Å². The van der Waals surface area contributed by atoms with Crippen molar-refractivity contribution in [3.63, 3.8) is 0 Å². The molecule has 0 saturated heterocycles. The first kappa shape index (κ1) is 16.7. The number of nitrogens with one attached hydrogen (secondary N) is 2. The van der Waals surface area contributed by atoms with Gasteiger partial charge in [0, 0.05) is 23.0 Å². The molecule has 2 aromatic heterocycles. The topological polar surface area (TPSA) is 67.0 Å². The van der Waals surface area contributed by atoms with Crippen molar-refractivity contribution in [1.82, 2.24) is 15.3 Å². The number of ether oxygens (including phenoxy) is 1. The van der Waals surface area contributed by atoms with Gasteiger partial charge in [-0.1, -0.05) is 18.2 Å². The molecular formula is C20H19N3O2S. The van der Waals surface area contributed by atoms with Crippen molar-refractivity contribution in [1.29, 1.82) is 0 Å². The molecule has 1 atom stereocenters. The van der Waals surface area contributed by atoms with Gasteiger partial charge in [-0.25, -0.2) is 4.98 Å². The molecule has 1 aliphatic rings. The molecule has 3 heterocycles. The third-order valence-corrected chi connectivity index (χ3v) is 5.63. The molecule has 0 fully saturated rings. The van der Waals surface area contributed by atoms with Gasteiger partial charge in [0.1, 0.15) is 11.4 Å². The number of benzene rings is 1. The van der Waals surface area contributed by atoms with Gasteiger partial charge in [-0.2, -0.15) is 0 Å². The van der Waals surface area contributed by atoms with Gasteiger partial charge in [0.15, 0.2) is 0 Å². The molecule has 0 spiro atoms. The monoisotopic (exact) mass is 365 g/mol. The first-order valence-electron chi connectivity index (χ1n) is 8.44. The Hall–Kier alpha value is -2.73. The Morgan fingerprint density at radius 1 is 1.38 bits per heavy atom. The second-order valence-electron chi connectivity index (χ2n) is 6.13. The molecule has 1 unspecified atom stereocenters. The minimum absolute atomic E-state index is 0.0155. The maximum Gasteiger partial charge on any atom is 0.229 e. The summed E-state index contributed by atoms with van der Waals surface area (Å²) >= 11 is 1.69. The zero-order valence-corrected chi connectivity index (χ0v) is 15.2. The zero-order valence-electron chi connectivity index (χ0n) is 14.4. The van der Waals surface area contributed by atoms with Gasteiger partial charge in [0.25, 0.3) is 0 Å². The summed E-state index contributed by atoms with van der Waals surface area (Å²) in [6, 6.07) is 11.6.